The Kier molecular flexibility index (Phi) is 6.09. The Hall–Kier alpha value is -2.14. The summed E-state index contributed by atoms with van der Waals surface area (Å²) in [5, 5.41) is 3.61. The van der Waals surface area contributed by atoms with Gasteiger partial charge >= 0.3 is 5.97 Å². The first-order valence-corrected chi connectivity index (χ1v) is 10.1. The van der Waals surface area contributed by atoms with Crippen molar-refractivity contribution in [2.24, 2.45) is 0 Å². The number of fused-ring (bicyclic) bond motifs is 1. The van der Waals surface area contributed by atoms with Crippen LogP contribution in [0, 0.1) is 6.92 Å². The molecule has 1 aromatic carbocycles. The van der Waals surface area contributed by atoms with Gasteiger partial charge < -0.3 is 10.1 Å². The first kappa shape index (κ1) is 18.6. The zero-order valence-corrected chi connectivity index (χ0v) is 16.2. The number of thiophene rings is 1. The summed E-state index contributed by atoms with van der Waals surface area (Å²) in [5.41, 5.74) is 3.18. The molecular formula is C21H25NO3S. The summed E-state index contributed by atoms with van der Waals surface area (Å²) in [5.74, 6) is -0.506. The Labute approximate surface area is 158 Å². The minimum atomic E-state index is -0.328. The molecule has 0 bridgehead atoms. The molecule has 1 aliphatic rings. The molecule has 2 aromatic rings. The summed E-state index contributed by atoms with van der Waals surface area (Å²) in [6, 6.07) is 7.47. The quantitative estimate of drug-likeness (QED) is 0.757. The van der Waals surface area contributed by atoms with Gasteiger partial charge in [-0.1, -0.05) is 31.0 Å². The van der Waals surface area contributed by atoms with Crippen LogP contribution in [0.5, 0.6) is 0 Å². The number of hydrogen-bond acceptors (Lipinski definition) is 4. The van der Waals surface area contributed by atoms with E-state index in [0.717, 1.165) is 36.8 Å². The van der Waals surface area contributed by atoms with Crippen LogP contribution in [0.2, 0.25) is 0 Å². The van der Waals surface area contributed by atoms with E-state index in [1.54, 1.807) is 13.0 Å². The number of aryl methyl sites for hydroxylation is 2. The van der Waals surface area contributed by atoms with Crippen molar-refractivity contribution >= 4 is 28.2 Å². The van der Waals surface area contributed by atoms with Crippen LogP contribution in [0.3, 0.4) is 0 Å². The van der Waals surface area contributed by atoms with Gasteiger partial charge in [0, 0.05) is 10.4 Å². The van der Waals surface area contributed by atoms with Gasteiger partial charge in [0.2, 0.25) is 0 Å². The van der Waals surface area contributed by atoms with Gasteiger partial charge in [-0.3, -0.25) is 4.79 Å². The van der Waals surface area contributed by atoms with Crippen molar-refractivity contribution in [3.05, 3.63) is 51.4 Å². The predicted molar refractivity (Wildman–Crippen MR) is 105 cm³/mol. The van der Waals surface area contributed by atoms with Crippen LogP contribution < -0.4 is 5.32 Å². The highest BCUT2D eigenvalue weighted by molar-refractivity contribution is 7.17. The Morgan fingerprint density at radius 2 is 1.85 bits per heavy atom. The molecule has 138 valence electrons. The highest BCUT2D eigenvalue weighted by Crippen LogP contribution is 2.37. The number of esters is 1. The van der Waals surface area contributed by atoms with Crippen LogP contribution >= 0.6 is 11.3 Å². The van der Waals surface area contributed by atoms with Gasteiger partial charge in [-0.25, -0.2) is 4.79 Å². The number of hydrogen-bond donors (Lipinski definition) is 1. The van der Waals surface area contributed by atoms with Crippen molar-refractivity contribution in [1.82, 2.24) is 0 Å². The van der Waals surface area contributed by atoms with Gasteiger partial charge in [-0.2, -0.15) is 0 Å². The van der Waals surface area contributed by atoms with E-state index in [-0.39, 0.29) is 11.9 Å². The SMILES string of the molecule is CCOC(=O)c1c(NC(=O)c2ccccc2C)sc2c1CCCCCC2. The molecule has 26 heavy (non-hydrogen) atoms. The lowest BCUT2D eigenvalue weighted by atomic mass is 9.96. The smallest absolute Gasteiger partial charge is 0.341 e. The van der Waals surface area contributed by atoms with E-state index < -0.39 is 0 Å². The number of carbonyl (C=O) groups is 2. The van der Waals surface area contributed by atoms with Crippen LogP contribution in [0.15, 0.2) is 24.3 Å². The van der Waals surface area contributed by atoms with Gasteiger partial charge in [0.25, 0.3) is 5.91 Å². The first-order chi connectivity index (χ1) is 12.6. The number of benzene rings is 1. The molecular weight excluding hydrogens is 346 g/mol. The van der Waals surface area contributed by atoms with Gasteiger partial charge in [-0.15, -0.1) is 11.3 Å². The summed E-state index contributed by atoms with van der Waals surface area (Å²) < 4.78 is 5.29. The standard InChI is InChI=1S/C21H25NO3S/c1-3-25-21(24)18-16-12-6-4-5-7-13-17(16)26-20(18)22-19(23)15-11-9-8-10-14(15)2/h8-11H,3-7,12-13H2,1-2H3,(H,22,23). The van der Waals surface area contributed by atoms with Crippen LogP contribution in [-0.4, -0.2) is 18.5 Å². The Bertz CT molecular complexity index is 810. The lowest BCUT2D eigenvalue weighted by Crippen LogP contribution is -2.16. The molecule has 1 N–H and O–H groups in total. The third-order valence-corrected chi connectivity index (χ3v) is 5.97. The number of amides is 1. The van der Waals surface area contributed by atoms with Gasteiger partial charge in [-0.05, 0) is 56.7 Å². The largest absolute Gasteiger partial charge is 0.462 e. The number of rotatable bonds is 4. The molecule has 1 amide bonds. The monoisotopic (exact) mass is 371 g/mol. The maximum absolute atomic E-state index is 12.8. The third-order valence-electron chi connectivity index (χ3n) is 4.77. The van der Waals surface area contributed by atoms with Crippen LogP contribution in [0.25, 0.3) is 0 Å². The van der Waals surface area contributed by atoms with Crippen LogP contribution in [0.1, 0.15) is 69.3 Å². The van der Waals surface area contributed by atoms with E-state index in [1.807, 2.05) is 25.1 Å². The van der Waals surface area contributed by atoms with Gasteiger partial charge in [0.1, 0.15) is 5.00 Å². The molecule has 1 aromatic heterocycles. The third kappa shape index (κ3) is 3.98. The molecule has 5 heteroatoms. The molecule has 0 radical (unpaired) electrons. The van der Waals surface area contributed by atoms with Crippen molar-refractivity contribution in [3.8, 4) is 0 Å². The van der Waals surface area contributed by atoms with Gasteiger partial charge in [0.15, 0.2) is 0 Å². The fourth-order valence-electron chi connectivity index (χ4n) is 3.42. The van der Waals surface area contributed by atoms with Crippen LogP contribution in [-0.2, 0) is 17.6 Å². The van der Waals surface area contributed by atoms with E-state index >= 15 is 0 Å². The molecule has 1 heterocycles. The molecule has 0 atom stereocenters. The molecule has 0 fully saturated rings. The van der Waals surface area contributed by atoms with Crippen molar-refractivity contribution in [2.45, 2.75) is 52.4 Å². The zero-order chi connectivity index (χ0) is 18.5. The van der Waals surface area contributed by atoms with Crippen molar-refractivity contribution in [2.75, 3.05) is 11.9 Å². The average molecular weight is 372 g/mol. The van der Waals surface area contributed by atoms with E-state index in [1.165, 1.54) is 29.1 Å². The molecule has 1 aliphatic carbocycles. The van der Waals surface area contributed by atoms with E-state index in [4.69, 9.17) is 4.74 Å². The molecule has 4 nitrogen and oxygen atoms in total. The maximum atomic E-state index is 12.8. The first-order valence-electron chi connectivity index (χ1n) is 9.30. The number of carbonyl (C=O) groups excluding carboxylic acids is 2. The minimum Gasteiger partial charge on any atom is -0.462 e. The second kappa shape index (κ2) is 8.49. The second-order valence-corrected chi connectivity index (χ2v) is 7.72. The zero-order valence-electron chi connectivity index (χ0n) is 15.4. The summed E-state index contributed by atoms with van der Waals surface area (Å²) in [4.78, 5) is 26.6. The number of ether oxygens (including phenoxy) is 1. The van der Waals surface area contributed by atoms with Crippen molar-refractivity contribution in [3.63, 3.8) is 0 Å². The predicted octanol–water partition coefficient (Wildman–Crippen LogP) is 5.14. The summed E-state index contributed by atoms with van der Waals surface area (Å²) in [7, 11) is 0. The summed E-state index contributed by atoms with van der Waals surface area (Å²) in [6.07, 6.45) is 6.44. The summed E-state index contributed by atoms with van der Waals surface area (Å²) in [6.45, 7) is 4.04. The molecule has 0 unspecified atom stereocenters. The molecule has 0 saturated heterocycles. The van der Waals surface area contributed by atoms with Crippen LogP contribution in [0.4, 0.5) is 5.00 Å². The lowest BCUT2D eigenvalue weighted by molar-refractivity contribution is 0.0526. The number of anilines is 1. The second-order valence-electron chi connectivity index (χ2n) is 6.61. The highest BCUT2D eigenvalue weighted by atomic mass is 32.1. The van der Waals surface area contributed by atoms with E-state index in [2.05, 4.69) is 5.32 Å². The van der Waals surface area contributed by atoms with Crippen molar-refractivity contribution < 1.29 is 14.3 Å². The fraction of sp³-hybridized carbons (Fsp3) is 0.429. The lowest BCUT2D eigenvalue weighted by Gasteiger charge is -2.11. The Morgan fingerprint density at radius 3 is 2.58 bits per heavy atom. The topological polar surface area (TPSA) is 55.4 Å². The Balaban J connectivity index is 1.97. The highest BCUT2D eigenvalue weighted by Gasteiger charge is 2.26. The molecule has 3 rings (SSSR count). The molecule has 0 spiro atoms. The van der Waals surface area contributed by atoms with E-state index in [9.17, 15) is 9.59 Å². The molecule has 0 aliphatic heterocycles. The molecule has 0 saturated carbocycles. The normalized spacial score (nSPS) is 14.1. The van der Waals surface area contributed by atoms with Crippen molar-refractivity contribution in [1.29, 1.82) is 0 Å². The van der Waals surface area contributed by atoms with Gasteiger partial charge in [0.05, 0.1) is 12.2 Å². The summed E-state index contributed by atoms with van der Waals surface area (Å²) >= 11 is 1.53. The fourth-order valence-corrected chi connectivity index (χ4v) is 4.70. The minimum absolute atomic E-state index is 0.178. The average Bonchev–Trinajstić information content (AvgIpc) is 2.92. The van der Waals surface area contributed by atoms with E-state index in [0.29, 0.717) is 22.7 Å². The Morgan fingerprint density at radius 1 is 1.12 bits per heavy atom. The maximum Gasteiger partial charge on any atom is 0.341 e. The number of nitrogens with one attached hydrogen (secondary N) is 1.